The van der Waals surface area contributed by atoms with E-state index in [1.54, 1.807) is 0 Å². The molecule has 13 heavy (non-hydrogen) atoms. The Bertz CT molecular complexity index is 418. The molecule has 0 aliphatic carbocycles. The Morgan fingerprint density at radius 1 is 1.00 bits per heavy atom. The number of aromatic amines is 1. The van der Waals surface area contributed by atoms with Crippen molar-refractivity contribution in [2.75, 3.05) is 0 Å². The third kappa shape index (κ3) is 1.45. The monoisotopic (exact) mass is 168 g/mol. The molecule has 1 aromatic heterocycles. The predicted molar refractivity (Wildman–Crippen MR) is 50.9 cm³/mol. The molecule has 0 atom stereocenters. The first-order valence-corrected chi connectivity index (χ1v) is 4.03. The molecule has 0 fully saturated rings. The first kappa shape index (κ1) is 7.63. The van der Waals surface area contributed by atoms with Crippen LogP contribution in [0.2, 0.25) is 0 Å². The van der Waals surface area contributed by atoms with Crippen LogP contribution < -0.4 is 0 Å². The van der Waals surface area contributed by atoms with Gasteiger partial charge in [0.25, 0.3) is 0 Å². The molecule has 1 heterocycles. The zero-order valence-electron chi connectivity index (χ0n) is 6.99. The van der Waals surface area contributed by atoms with E-state index >= 15 is 0 Å². The molecule has 2 heteroatoms. The van der Waals surface area contributed by atoms with Gasteiger partial charge in [0, 0.05) is 12.4 Å². The number of rotatable bonds is 1. The van der Waals surface area contributed by atoms with Crippen molar-refractivity contribution in [2.45, 2.75) is 0 Å². The van der Waals surface area contributed by atoms with Crippen molar-refractivity contribution in [3.05, 3.63) is 48.3 Å². The van der Waals surface area contributed by atoms with Gasteiger partial charge in [-0.2, -0.15) is 5.26 Å². The highest BCUT2D eigenvalue weighted by molar-refractivity contribution is 5.63. The van der Waals surface area contributed by atoms with Crippen molar-refractivity contribution in [3.63, 3.8) is 0 Å². The number of nitriles is 1. The number of H-pyrrole nitrogens is 1. The Morgan fingerprint density at radius 2 is 1.77 bits per heavy atom. The fourth-order valence-electron chi connectivity index (χ4n) is 1.24. The largest absolute Gasteiger partial charge is 0.367 e. The Labute approximate surface area is 76.5 Å². The summed E-state index contributed by atoms with van der Waals surface area (Å²) in [7, 11) is 0. The summed E-state index contributed by atoms with van der Waals surface area (Å²) in [5, 5.41) is 8.60. The van der Waals surface area contributed by atoms with Gasteiger partial charge in [-0.3, -0.25) is 0 Å². The van der Waals surface area contributed by atoms with Gasteiger partial charge < -0.3 is 4.98 Å². The lowest BCUT2D eigenvalue weighted by molar-refractivity contribution is 1.41. The topological polar surface area (TPSA) is 39.6 Å². The summed E-state index contributed by atoms with van der Waals surface area (Å²) in [6, 6.07) is 11.6. The molecule has 2 rings (SSSR count). The summed E-state index contributed by atoms with van der Waals surface area (Å²) in [6.45, 7) is 0. The molecular weight excluding hydrogens is 160 g/mol. The zero-order chi connectivity index (χ0) is 9.10. The molecule has 1 aromatic carbocycles. The molecule has 0 aliphatic heterocycles. The van der Waals surface area contributed by atoms with E-state index in [9.17, 15) is 0 Å². The number of benzene rings is 1. The summed E-state index contributed by atoms with van der Waals surface area (Å²) in [4.78, 5) is 2.99. The highest BCUT2D eigenvalue weighted by atomic mass is 14.6. The molecule has 1 N–H and O–H groups in total. The van der Waals surface area contributed by atoms with Gasteiger partial charge in [0.15, 0.2) is 0 Å². The molecule has 0 radical (unpaired) electrons. The van der Waals surface area contributed by atoms with Gasteiger partial charge in [-0.1, -0.05) is 12.1 Å². The summed E-state index contributed by atoms with van der Waals surface area (Å²) in [5.41, 5.74) is 2.96. The van der Waals surface area contributed by atoms with Crippen LogP contribution in [0, 0.1) is 11.3 Å². The smallest absolute Gasteiger partial charge is 0.0991 e. The molecule has 0 bridgehead atoms. The second-order valence-corrected chi connectivity index (χ2v) is 2.79. The van der Waals surface area contributed by atoms with Crippen molar-refractivity contribution in [3.8, 4) is 17.2 Å². The average molecular weight is 168 g/mol. The van der Waals surface area contributed by atoms with E-state index in [1.807, 2.05) is 42.7 Å². The molecule has 0 aliphatic rings. The number of hydrogen-bond acceptors (Lipinski definition) is 1. The van der Waals surface area contributed by atoms with E-state index in [1.165, 1.54) is 0 Å². The minimum atomic E-state index is 0.694. The van der Waals surface area contributed by atoms with E-state index in [0.717, 1.165) is 11.1 Å². The van der Waals surface area contributed by atoms with Gasteiger partial charge in [-0.15, -0.1) is 0 Å². The van der Waals surface area contributed by atoms with E-state index in [-0.39, 0.29) is 0 Å². The van der Waals surface area contributed by atoms with Crippen LogP contribution in [0.5, 0.6) is 0 Å². The Morgan fingerprint density at radius 3 is 2.31 bits per heavy atom. The zero-order valence-corrected chi connectivity index (χ0v) is 6.99. The fourth-order valence-corrected chi connectivity index (χ4v) is 1.24. The van der Waals surface area contributed by atoms with Gasteiger partial charge in [0.2, 0.25) is 0 Å². The second-order valence-electron chi connectivity index (χ2n) is 2.79. The van der Waals surface area contributed by atoms with Crippen LogP contribution in [0.15, 0.2) is 42.7 Å². The Kier molecular flexibility index (Phi) is 1.85. The van der Waals surface area contributed by atoms with E-state index in [4.69, 9.17) is 5.26 Å². The fraction of sp³-hybridized carbons (Fsp3) is 0. The van der Waals surface area contributed by atoms with E-state index < -0.39 is 0 Å². The molecule has 0 saturated heterocycles. The van der Waals surface area contributed by atoms with Crippen LogP contribution in [0.4, 0.5) is 0 Å². The molecule has 0 unspecified atom stereocenters. The van der Waals surface area contributed by atoms with Crippen molar-refractivity contribution in [1.29, 1.82) is 5.26 Å². The molecular formula is C11H8N2. The van der Waals surface area contributed by atoms with Crippen molar-refractivity contribution in [1.82, 2.24) is 4.98 Å². The lowest BCUT2D eigenvalue weighted by Crippen LogP contribution is -1.75. The molecule has 62 valence electrons. The Hall–Kier alpha value is -2.01. The first-order chi connectivity index (χ1) is 6.40. The number of hydrogen-bond donors (Lipinski definition) is 1. The van der Waals surface area contributed by atoms with Gasteiger partial charge in [-0.05, 0) is 29.3 Å². The van der Waals surface area contributed by atoms with Gasteiger partial charge in [0.05, 0.1) is 11.6 Å². The van der Waals surface area contributed by atoms with E-state index in [0.29, 0.717) is 5.56 Å². The van der Waals surface area contributed by atoms with Crippen LogP contribution in [0.3, 0.4) is 0 Å². The standard InChI is InChI=1S/C11H8N2/c12-7-9-1-3-10(4-2-9)11-5-6-13-8-11/h1-6,8,13H. The molecule has 0 spiro atoms. The maximum Gasteiger partial charge on any atom is 0.0991 e. The summed E-state index contributed by atoms with van der Waals surface area (Å²) in [5.74, 6) is 0. The van der Waals surface area contributed by atoms with Crippen LogP contribution in [-0.2, 0) is 0 Å². The maximum absolute atomic E-state index is 8.60. The molecule has 0 amide bonds. The lowest BCUT2D eigenvalue weighted by Gasteiger charge is -1.95. The van der Waals surface area contributed by atoms with Crippen LogP contribution >= 0.6 is 0 Å². The van der Waals surface area contributed by atoms with Crippen molar-refractivity contribution >= 4 is 0 Å². The van der Waals surface area contributed by atoms with Gasteiger partial charge in [-0.25, -0.2) is 0 Å². The predicted octanol–water partition coefficient (Wildman–Crippen LogP) is 2.55. The number of aromatic nitrogens is 1. The quantitative estimate of drug-likeness (QED) is 0.698. The highest BCUT2D eigenvalue weighted by Crippen LogP contribution is 2.18. The van der Waals surface area contributed by atoms with E-state index in [2.05, 4.69) is 11.1 Å². The maximum atomic E-state index is 8.60. The average Bonchev–Trinajstić information content (AvgIpc) is 2.71. The SMILES string of the molecule is N#Cc1ccc(-c2cc[nH]c2)cc1. The molecule has 0 saturated carbocycles. The van der Waals surface area contributed by atoms with Gasteiger partial charge in [0.1, 0.15) is 0 Å². The Balaban J connectivity index is 2.40. The minimum absolute atomic E-state index is 0.694. The molecule has 2 aromatic rings. The lowest BCUT2D eigenvalue weighted by atomic mass is 10.1. The summed E-state index contributed by atoms with van der Waals surface area (Å²) >= 11 is 0. The second kappa shape index (κ2) is 3.16. The van der Waals surface area contributed by atoms with Crippen LogP contribution in [0.25, 0.3) is 11.1 Å². The highest BCUT2D eigenvalue weighted by Gasteiger charge is 1.96. The summed E-state index contributed by atoms with van der Waals surface area (Å²) < 4.78 is 0. The summed E-state index contributed by atoms with van der Waals surface area (Å²) in [6.07, 6.45) is 3.81. The normalized spacial score (nSPS) is 9.46. The molecule has 2 nitrogen and oxygen atoms in total. The third-order valence-electron chi connectivity index (χ3n) is 1.95. The van der Waals surface area contributed by atoms with Crippen molar-refractivity contribution < 1.29 is 0 Å². The van der Waals surface area contributed by atoms with Crippen LogP contribution in [-0.4, -0.2) is 4.98 Å². The third-order valence-corrected chi connectivity index (χ3v) is 1.95. The van der Waals surface area contributed by atoms with Crippen LogP contribution in [0.1, 0.15) is 5.56 Å². The number of nitrogens with one attached hydrogen (secondary N) is 1. The van der Waals surface area contributed by atoms with Gasteiger partial charge >= 0.3 is 0 Å². The first-order valence-electron chi connectivity index (χ1n) is 4.03. The minimum Gasteiger partial charge on any atom is -0.367 e. The number of nitrogens with zero attached hydrogens (tertiary/aromatic N) is 1. The van der Waals surface area contributed by atoms with Crippen molar-refractivity contribution in [2.24, 2.45) is 0 Å².